The van der Waals surface area contributed by atoms with E-state index in [2.05, 4.69) is 5.32 Å². The zero-order valence-corrected chi connectivity index (χ0v) is 11.0. The molecule has 1 aromatic rings. The quantitative estimate of drug-likeness (QED) is 0.596. The maximum atomic E-state index is 11.1. The SMILES string of the molecule is CNC(C)(COc1cccc(C)c1[N+](=O)[O-])C(=O)O. The summed E-state index contributed by atoms with van der Waals surface area (Å²) in [6.07, 6.45) is 0. The standard InChI is InChI=1S/C12H16N2O5/c1-8-5-4-6-9(10(8)14(17)18)19-7-12(2,13-3)11(15)16/h4-6,13H,7H2,1-3H3,(H,15,16). The van der Waals surface area contributed by atoms with Crippen LogP contribution in [0.2, 0.25) is 0 Å². The van der Waals surface area contributed by atoms with Gasteiger partial charge in [0, 0.05) is 5.56 Å². The third-order valence-electron chi connectivity index (χ3n) is 2.92. The smallest absolute Gasteiger partial charge is 0.327 e. The van der Waals surface area contributed by atoms with Gasteiger partial charge in [-0.2, -0.15) is 0 Å². The van der Waals surface area contributed by atoms with Crippen molar-refractivity contribution in [1.82, 2.24) is 5.32 Å². The molecule has 1 atom stereocenters. The number of hydrogen-bond acceptors (Lipinski definition) is 5. The van der Waals surface area contributed by atoms with Gasteiger partial charge in [-0.3, -0.25) is 14.9 Å². The number of carboxylic acid groups (broad SMARTS) is 1. The Kier molecular flexibility index (Phi) is 4.44. The average molecular weight is 268 g/mol. The minimum atomic E-state index is -1.31. The van der Waals surface area contributed by atoms with Crippen LogP contribution in [-0.4, -0.2) is 35.2 Å². The molecule has 1 unspecified atom stereocenters. The van der Waals surface area contributed by atoms with Crippen LogP contribution in [0.15, 0.2) is 18.2 Å². The van der Waals surface area contributed by atoms with Gasteiger partial charge in [-0.1, -0.05) is 12.1 Å². The molecule has 0 radical (unpaired) electrons. The lowest BCUT2D eigenvalue weighted by Gasteiger charge is -2.24. The summed E-state index contributed by atoms with van der Waals surface area (Å²) in [6.45, 7) is 2.82. The Labute approximate surface area is 110 Å². The first-order chi connectivity index (χ1) is 8.81. The molecule has 0 amide bonds. The molecule has 0 aromatic heterocycles. The van der Waals surface area contributed by atoms with E-state index in [1.165, 1.54) is 20.0 Å². The number of aliphatic carboxylic acids is 1. The molecule has 0 spiro atoms. The highest BCUT2D eigenvalue weighted by atomic mass is 16.6. The van der Waals surface area contributed by atoms with Crippen molar-refractivity contribution in [3.8, 4) is 5.75 Å². The fourth-order valence-electron chi connectivity index (χ4n) is 1.45. The lowest BCUT2D eigenvalue weighted by Crippen LogP contribution is -2.52. The number of nitro benzene ring substituents is 1. The molecular formula is C12H16N2O5. The highest BCUT2D eigenvalue weighted by Crippen LogP contribution is 2.30. The van der Waals surface area contributed by atoms with Crippen LogP contribution < -0.4 is 10.1 Å². The second-order valence-corrected chi connectivity index (χ2v) is 4.35. The van der Waals surface area contributed by atoms with E-state index in [0.29, 0.717) is 5.56 Å². The molecule has 0 fully saturated rings. The fourth-order valence-corrected chi connectivity index (χ4v) is 1.45. The fraction of sp³-hybridized carbons (Fsp3) is 0.417. The van der Waals surface area contributed by atoms with E-state index in [1.54, 1.807) is 19.1 Å². The molecule has 104 valence electrons. The molecule has 7 heteroatoms. The van der Waals surface area contributed by atoms with Crippen molar-refractivity contribution in [2.75, 3.05) is 13.7 Å². The third kappa shape index (κ3) is 3.19. The summed E-state index contributed by atoms with van der Waals surface area (Å²) in [4.78, 5) is 21.5. The van der Waals surface area contributed by atoms with E-state index in [-0.39, 0.29) is 18.0 Å². The zero-order valence-electron chi connectivity index (χ0n) is 11.0. The van der Waals surface area contributed by atoms with Crippen molar-refractivity contribution < 1.29 is 19.6 Å². The van der Waals surface area contributed by atoms with Gasteiger partial charge >= 0.3 is 11.7 Å². The van der Waals surface area contributed by atoms with Crippen LogP contribution in [-0.2, 0) is 4.79 Å². The van der Waals surface area contributed by atoms with Gasteiger partial charge in [0.1, 0.15) is 12.1 Å². The summed E-state index contributed by atoms with van der Waals surface area (Å²) < 4.78 is 5.31. The van der Waals surface area contributed by atoms with E-state index >= 15 is 0 Å². The molecule has 7 nitrogen and oxygen atoms in total. The van der Waals surface area contributed by atoms with E-state index in [0.717, 1.165) is 0 Å². The van der Waals surface area contributed by atoms with Gasteiger partial charge in [0.15, 0.2) is 5.75 Å². The zero-order chi connectivity index (χ0) is 14.6. The summed E-state index contributed by atoms with van der Waals surface area (Å²) in [7, 11) is 1.49. The lowest BCUT2D eigenvalue weighted by molar-refractivity contribution is -0.386. The summed E-state index contributed by atoms with van der Waals surface area (Å²) in [5.41, 5.74) is -0.993. The number of rotatable bonds is 6. The average Bonchev–Trinajstić information content (AvgIpc) is 2.35. The Balaban J connectivity index is 2.98. The van der Waals surface area contributed by atoms with Crippen molar-refractivity contribution in [3.63, 3.8) is 0 Å². The number of nitro groups is 1. The predicted octanol–water partition coefficient (Wildman–Crippen LogP) is 1.34. The molecule has 0 saturated heterocycles. The molecular weight excluding hydrogens is 252 g/mol. The van der Waals surface area contributed by atoms with Crippen molar-refractivity contribution >= 4 is 11.7 Å². The Morgan fingerprint density at radius 2 is 2.21 bits per heavy atom. The van der Waals surface area contributed by atoms with Crippen LogP contribution in [0.1, 0.15) is 12.5 Å². The van der Waals surface area contributed by atoms with Gasteiger partial charge in [0.05, 0.1) is 4.92 Å². The number of nitrogens with one attached hydrogen (secondary N) is 1. The van der Waals surface area contributed by atoms with Crippen LogP contribution in [0, 0.1) is 17.0 Å². The van der Waals surface area contributed by atoms with Crippen molar-refractivity contribution in [2.45, 2.75) is 19.4 Å². The second-order valence-electron chi connectivity index (χ2n) is 4.35. The first-order valence-electron chi connectivity index (χ1n) is 5.61. The Morgan fingerprint density at radius 1 is 1.58 bits per heavy atom. The Morgan fingerprint density at radius 3 is 2.68 bits per heavy atom. The number of hydrogen-bond donors (Lipinski definition) is 2. The minimum Gasteiger partial charge on any atom is -0.484 e. The van der Waals surface area contributed by atoms with Crippen LogP contribution in [0.3, 0.4) is 0 Å². The second kappa shape index (κ2) is 5.66. The number of carbonyl (C=O) groups is 1. The number of nitrogens with zero attached hydrogens (tertiary/aromatic N) is 1. The van der Waals surface area contributed by atoms with Gasteiger partial charge in [-0.15, -0.1) is 0 Å². The number of benzene rings is 1. The van der Waals surface area contributed by atoms with E-state index < -0.39 is 16.4 Å². The summed E-state index contributed by atoms with van der Waals surface area (Å²) in [5.74, 6) is -1.03. The number of aryl methyl sites for hydroxylation is 1. The molecule has 2 N–H and O–H groups in total. The molecule has 1 rings (SSSR count). The summed E-state index contributed by atoms with van der Waals surface area (Å²) >= 11 is 0. The molecule has 0 aliphatic heterocycles. The van der Waals surface area contributed by atoms with Crippen LogP contribution >= 0.6 is 0 Å². The van der Waals surface area contributed by atoms with Crippen LogP contribution in [0.25, 0.3) is 0 Å². The first kappa shape index (κ1) is 14.9. The van der Waals surface area contributed by atoms with E-state index in [4.69, 9.17) is 9.84 Å². The number of carboxylic acids is 1. The van der Waals surface area contributed by atoms with Gasteiger partial charge in [-0.05, 0) is 27.0 Å². The number of likely N-dealkylation sites (N-methyl/N-ethyl adjacent to an activating group) is 1. The molecule has 0 aliphatic rings. The van der Waals surface area contributed by atoms with Gasteiger partial charge in [0.25, 0.3) is 0 Å². The molecule has 0 bridgehead atoms. The Bertz CT molecular complexity index is 503. The normalized spacial score (nSPS) is 13.6. The number of ether oxygens (including phenoxy) is 1. The molecule has 0 heterocycles. The van der Waals surface area contributed by atoms with Gasteiger partial charge in [-0.25, -0.2) is 0 Å². The Hall–Kier alpha value is -2.15. The predicted molar refractivity (Wildman–Crippen MR) is 68.4 cm³/mol. The third-order valence-corrected chi connectivity index (χ3v) is 2.92. The monoisotopic (exact) mass is 268 g/mol. The largest absolute Gasteiger partial charge is 0.484 e. The minimum absolute atomic E-state index is 0.0627. The van der Waals surface area contributed by atoms with Gasteiger partial charge in [0.2, 0.25) is 0 Å². The first-order valence-corrected chi connectivity index (χ1v) is 5.61. The highest BCUT2D eigenvalue weighted by Gasteiger charge is 2.33. The molecule has 19 heavy (non-hydrogen) atoms. The molecule has 0 aliphatic carbocycles. The van der Waals surface area contributed by atoms with Crippen molar-refractivity contribution in [1.29, 1.82) is 0 Å². The molecule has 0 saturated carbocycles. The van der Waals surface area contributed by atoms with Crippen molar-refractivity contribution in [3.05, 3.63) is 33.9 Å². The van der Waals surface area contributed by atoms with Crippen LogP contribution in [0.5, 0.6) is 5.75 Å². The summed E-state index contributed by atoms with van der Waals surface area (Å²) in [5, 5.41) is 22.6. The van der Waals surface area contributed by atoms with Gasteiger partial charge < -0.3 is 15.2 Å². The summed E-state index contributed by atoms with van der Waals surface area (Å²) in [6, 6.07) is 4.66. The number of para-hydroxylation sites is 1. The van der Waals surface area contributed by atoms with Crippen molar-refractivity contribution in [2.24, 2.45) is 0 Å². The maximum Gasteiger partial charge on any atom is 0.327 e. The molecule has 1 aromatic carbocycles. The highest BCUT2D eigenvalue weighted by molar-refractivity contribution is 5.78. The maximum absolute atomic E-state index is 11.1. The topological polar surface area (TPSA) is 102 Å². The van der Waals surface area contributed by atoms with E-state index in [1.807, 2.05) is 0 Å². The van der Waals surface area contributed by atoms with Crippen LogP contribution in [0.4, 0.5) is 5.69 Å². The lowest BCUT2D eigenvalue weighted by atomic mass is 10.1. The van der Waals surface area contributed by atoms with E-state index in [9.17, 15) is 14.9 Å².